The van der Waals surface area contributed by atoms with Crippen molar-refractivity contribution in [3.8, 4) is 6.19 Å². The van der Waals surface area contributed by atoms with Crippen molar-refractivity contribution >= 4 is 32.6 Å². The monoisotopic (exact) mass is 284 g/mol. The van der Waals surface area contributed by atoms with E-state index >= 15 is 0 Å². The van der Waals surface area contributed by atoms with Gasteiger partial charge in [0, 0.05) is 0 Å². The van der Waals surface area contributed by atoms with E-state index in [1.165, 1.54) is 11.8 Å². The summed E-state index contributed by atoms with van der Waals surface area (Å²) in [7, 11) is -3.56. The van der Waals surface area contributed by atoms with E-state index in [2.05, 4.69) is 10.3 Å². The number of benzene rings is 1. The Morgan fingerprint density at radius 1 is 1.61 bits per heavy atom. The van der Waals surface area contributed by atoms with E-state index in [0.717, 1.165) is 0 Å². The molecule has 0 aliphatic heterocycles. The summed E-state index contributed by atoms with van der Waals surface area (Å²) in [4.78, 5) is 4.17. The quantitative estimate of drug-likeness (QED) is 0.371. The molecule has 96 valence electrons. The molecule has 0 fully saturated rings. The number of nitrogens with two attached hydrogens (primary N) is 1. The van der Waals surface area contributed by atoms with Crippen LogP contribution in [0.1, 0.15) is 5.56 Å². The van der Waals surface area contributed by atoms with Crippen LogP contribution in [0, 0.1) is 11.5 Å². The number of rotatable bonds is 3. The molecule has 6 nitrogen and oxygen atoms in total. The van der Waals surface area contributed by atoms with Crippen molar-refractivity contribution in [2.24, 2.45) is 10.1 Å². The number of hydrogen-bond donors (Lipinski definition) is 2. The first kappa shape index (κ1) is 14.5. The van der Waals surface area contributed by atoms with Crippen LogP contribution in [0.4, 0.5) is 5.69 Å². The molecular weight excluding hydrogens is 272 g/mol. The highest BCUT2D eigenvalue weighted by Gasteiger charge is 2.05. The largest absolute Gasteiger partial charge is 0.271 e. The maximum Gasteiger partial charge on any atom is 0.213 e. The molecular formula is C10H12N4O2S2. The van der Waals surface area contributed by atoms with Crippen LogP contribution in [-0.4, -0.2) is 19.8 Å². The first-order valence-electron chi connectivity index (χ1n) is 4.82. The molecule has 0 heterocycles. The minimum atomic E-state index is -3.56. The van der Waals surface area contributed by atoms with Crippen LogP contribution in [0.25, 0.3) is 0 Å². The molecule has 0 amide bonds. The summed E-state index contributed by atoms with van der Waals surface area (Å²) in [6, 6.07) is 6.66. The highest BCUT2D eigenvalue weighted by Crippen LogP contribution is 2.17. The minimum Gasteiger partial charge on any atom is -0.271 e. The zero-order valence-electron chi connectivity index (χ0n) is 9.62. The highest BCUT2D eigenvalue weighted by atomic mass is 32.2. The number of amidine groups is 1. The molecule has 0 unspecified atom stereocenters. The molecule has 18 heavy (non-hydrogen) atoms. The molecule has 1 aromatic rings. The number of sulfonamides is 1. The van der Waals surface area contributed by atoms with Gasteiger partial charge in [0.1, 0.15) is 0 Å². The van der Waals surface area contributed by atoms with E-state index in [-0.39, 0.29) is 5.75 Å². The summed E-state index contributed by atoms with van der Waals surface area (Å²) in [6.07, 6.45) is 3.55. The topological polar surface area (TPSA) is 108 Å². The van der Waals surface area contributed by atoms with E-state index in [9.17, 15) is 8.42 Å². The Hall–Kier alpha value is -1.56. The molecule has 0 bridgehead atoms. The molecule has 0 aliphatic rings. The lowest BCUT2D eigenvalue weighted by Gasteiger charge is -2.02. The van der Waals surface area contributed by atoms with Crippen LogP contribution in [0.2, 0.25) is 0 Å². The third-order valence-corrected chi connectivity index (χ3v) is 3.18. The fourth-order valence-electron chi connectivity index (χ4n) is 1.24. The molecule has 0 saturated carbocycles. The molecule has 0 aliphatic carbocycles. The van der Waals surface area contributed by atoms with Crippen molar-refractivity contribution in [2.45, 2.75) is 5.75 Å². The lowest BCUT2D eigenvalue weighted by atomic mass is 10.2. The van der Waals surface area contributed by atoms with Gasteiger partial charge in [-0.25, -0.2) is 18.5 Å². The molecule has 1 aromatic carbocycles. The molecule has 0 atom stereocenters. The molecule has 0 radical (unpaired) electrons. The van der Waals surface area contributed by atoms with Crippen molar-refractivity contribution in [3.63, 3.8) is 0 Å². The van der Waals surface area contributed by atoms with Crippen LogP contribution < -0.4 is 10.5 Å². The number of aliphatic imine (C=N–C) groups is 1. The third kappa shape index (κ3) is 5.18. The van der Waals surface area contributed by atoms with Crippen LogP contribution in [-0.2, 0) is 15.8 Å². The Morgan fingerprint density at radius 2 is 2.33 bits per heavy atom. The SMILES string of the molecule is CSC(=Nc1cccc(CS(N)(=O)=O)c1)NC#N. The van der Waals surface area contributed by atoms with Gasteiger partial charge in [0.05, 0.1) is 11.4 Å². The van der Waals surface area contributed by atoms with Gasteiger partial charge in [-0.2, -0.15) is 5.26 Å². The smallest absolute Gasteiger partial charge is 0.213 e. The second-order valence-corrected chi connectivity index (χ2v) is 5.74. The number of thioether (sulfide) groups is 1. The summed E-state index contributed by atoms with van der Waals surface area (Å²) < 4.78 is 22.0. The molecule has 3 N–H and O–H groups in total. The molecule has 0 aromatic heterocycles. The van der Waals surface area contributed by atoms with Crippen molar-refractivity contribution < 1.29 is 8.42 Å². The molecule has 0 saturated heterocycles. The van der Waals surface area contributed by atoms with Gasteiger partial charge >= 0.3 is 0 Å². The van der Waals surface area contributed by atoms with Gasteiger partial charge in [-0.15, -0.1) is 0 Å². The molecule has 1 rings (SSSR count). The Balaban J connectivity index is 2.99. The summed E-state index contributed by atoms with van der Waals surface area (Å²) in [6.45, 7) is 0. The summed E-state index contributed by atoms with van der Waals surface area (Å²) in [5.41, 5.74) is 1.11. The van der Waals surface area contributed by atoms with Gasteiger partial charge in [0.25, 0.3) is 0 Å². The zero-order valence-corrected chi connectivity index (χ0v) is 11.3. The van der Waals surface area contributed by atoms with Crippen molar-refractivity contribution in [1.29, 1.82) is 5.26 Å². The van der Waals surface area contributed by atoms with Gasteiger partial charge in [-0.05, 0) is 24.0 Å². The van der Waals surface area contributed by atoms with Gasteiger partial charge in [-0.1, -0.05) is 23.9 Å². The number of primary sulfonamides is 1. The van der Waals surface area contributed by atoms with E-state index in [4.69, 9.17) is 10.4 Å². The van der Waals surface area contributed by atoms with E-state index in [0.29, 0.717) is 16.4 Å². The number of hydrogen-bond acceptors (Lipinski definition) is 5. The fraction of sp³-hybridized carbons (Fsp3) is 0.200. The number of nitriles is 1. The average molecular weight is 284 g/mol. The summed E-state index contributed by atoms with van der Waals surface area (Å²) >= 11 is 1.28. The zero-order chi connectivity index (χ0) is 13.6. The van der Waals surface area contributed by atoms with Gasteiger partial charge in [-0.3, -0.25) is 5.32 Å². The summed E-state index contributed by atoms with van der Waals surface area (Å²) in [5, 5.41) is 16.3. The Bertz CT molecular complexity index is 590. The van der Waals surface area contributed by atoms with E-state index < -0.39 is 10.0 Å². The Kier molecular flexibility index (Phi) is 5.15. The van der Waals surface area contributed by atoms with Crippen LogP contribution in [0.5, 0.6) is 0 Å². The predicted octanol–water partition coefficient (Wildman–Crippen LogP) is 0.896. The Morgan fingerprint density at radius 3 is 2.89 bits per heavy atom. The minimum absolute atomic E-state index is 0.239. The lowest BCUT2D eigenvalue weighted by molar-refractivity contribution is 0.597. The second kappa shape index (κ2) is 6.39. The van der Waals surface area contributed by atoms with Crippen LogP contribution >= 0.6 is 11.8 Å². The number of nitrogens with one attached hydrogen (secondary N) is 1. The van der Waals surface area contributed by atoms with Crippen molar-refractivity contribution in [1.82, 2.24) is 5.32 Å². The number of nitrogens with zero attached hydrogens (tertiary/aromatic N) is 2. The van der Waals surface area contributed by atoms with E-state index in [1.54, 1.807) is 36.7 Å². The van der Waals surface area contributed by atoms with Gasteiger partial charge in [0.2, 0.25) is 10.0 Å². The third-order valence-electron chi connectivity index (χ3n) is 1.87. The van der Waals surface area contributed by atoms with Crippen molar-refractivity contribution in [3.05, 3.63) is 29.8 Å². The standard InChI is InChI=1S/C10H12N4O2S2/c1-17-10(13-7-11)14-9-4-2-3-8(5-9)6-18(12,15)16/h2-5H,6H2,1H3,(H,13,14)(H2,12,15,16). The highest BCUT2D eigenvalue weighted by molar-refractivity contribution is 8.13. The maximum atomic E-state index is 11.0. The normalized spacial score (nSPS) is 11.9. The average Bonchev–Trinajstić information content (AvgIpc) is 2.26. The van der Waals surface area contributed by atoms with Gasteiger partial charge in [0.15, 0.2) is 11.4 Å². The first-order valence-corrected chi connectivity index (χ1v) is 7.76. The van der Waals surface area contributed by atoms with Gasteiger partial charge < -0.3 is 0 Å². The molecule has 0 spiro atoms. The summed E-state index contributed by atoms with van der Waals surface area (Å²) in [5.74, 6) is -0.239. The van der Waals surface area contributed by atoms with Crippen LogP contribution in [0.3, 0.4) is 0 Å². The second-order valence-electron chi connectivity index (χ2n) is 3.33. The molecule has 8 heteroatoms. The lowest BCUT2D eigenvalue weighted by Crippen LogP contribution is -2.14. The predicted molar refractivity (Wildman–Crippen MR) is 72.6 cm³/mol. The fourth-order valence-corrected chi connectivity index (χ4v) is 2.23. The van der Waals surface area contributed by atoms with Crippen LogP contribution in [0.15, 0.2) is 29.3 Å². The maximum absolute atomic E-state index is 11.0. The van der Waals surface area contributed by atoms with E-state index in [1.807, 2.05) is 0 Å². The van der Waals surface area contributed by atoms with Crippen molar-refractivity contribution in [2.75, 3.05) is 6.26 Å². The first-order chi connectivity index (χ1) is 8.44. The Labute approximate surface area is 110 Å².